The summed E-state index contributed by atoms with van der Waals surface area (Å²) in [6.45, 7) is 3.89. The van der Waals surface area contributed by atoms with Crippen molar-refractivity contribution < 1.29 is 13.2 Å². The minimum absolute atomic E-state index is 0.0679. The monoisotopic (exact) mass is 273 g/mol. The molecule has 102 valence electrons. The first kappa shape index (κ1) is 13.5. The molecule has 1 aliphatic rings. The van der Waals surface area contributed by atoms with Gasteiger partial charge >= 0.3 is 0 Å². The van der Waals surface area contributed by atoms with Gasteiger partial charge in [-0.25, -0.2) is 13.1 Å². The van der Waals surface area contributed by atoms with E-state index in [0.29, 0.717) is 13.2 Å². The highest BCUT2D eigenvalue weighted by Crippen LogP contribution is 2.33. The van der Waals surface area contributed by atoms with Gasteiger partial charge in [0.15, 0.2) is 0 Å². The number of ether oxygens (including phenoxy) is 1. The van der Waals surface area contributed by atoms with E-state index in [1.807, 2.05) is 17.7 Å². The summed E-state index contributed by atoms with van der Waals surface area (Å²) in [5.74, 6) is 0.168. The van der Waals surface area contributed by atoms with Gasteiger partial charge in [-0.05, 0) is 19.4 Å². The second kappa shape index (κ2) is 5.38. The molecule has 1 N–H and O–H groups in total. The van der Waals surface area contributed by atoms with E-state index in [4.69, 9.17) is 4.74 Å². The van der Waals surface area contributed by atoms with E-state index in [1.165, 1.54) is 6.26 Å². The molecular formula is C11H19N3O3S. The van der Waals surface area contributed by atoms with Crippen molar-refractivity contribution in [2.75, 3.05) is 19.4 Å². The molecule has 18 heavy (non-hydrogen) atoms. The summed E-state index contributed by atoms with van der Waals surface area (Å²) in [6, 6.07) is 1.94. The van der Waals surface area contributed by atoms with Gasteiger partial charge in [0.1, 0.15) is 6.10 Å². The smallest absolute Gasteiger partial charge is 0.208 e. The fourth-order valence-electron chi connectivity index (χ4n) is 2.28. The van der Waals surface area contributed by atoms with E-state index in [9.17, 15) is 8.42 Å². The Morgan fingerprint density at radius 3 is 3.06 bits per heavy atom. The molecule has 1 aromatic heterocycles. The summed E-state index contributed by atoms with van der Waals surface area (Å²) in [6.07, 6.45) is 3.72. The quantitative estimate of drug-likeness (QED) is 0.849. The number of hydrogen-bond donors (Lipinski definition) is 1. The molecule has 1 fully saturated rings. The Hall–Kier alpha value is -0.920. The first-order valence-electron chi connectivity index (χ1n) is 6.09. The predicted octanol–water partition coefficient (Wildman–Crippen LogP) is 0.530. The Morgan fingerprint density at radius 2 is 2.39 bits per heavy atom. The highest BCUT2D eigenvalue weighted by atomic mass is 32.2. The van der Waals surface area contributed by atoms with Crippen molar-refractivity contribution in [2.24, 2.45) is 5.92 Å². The first-order chi connectivity index (χ1) is 8.51. The van der Waals surface area contributed by atoms with E-state index < -0.39 is 10.0 Å². The van der Waals surface area contributed by atoms with Crippen LogP contribution in [0.2, 0.25) is 0 Å². The number of nitrogens with zero attached hydrogens (tertiary/aromatic N) is 2. The Kier molecular flexibility index (Phi) is 4.04. The molecule has 7 heteroatoms. The van der Waals surface area contributed by atoms with Gasteiger partial charge in [0.2, 0.25) is 10.0 Å². The molecule has 0 amide bonds. The lowest BCUT2D eigenvalue weighted by molar-refractivity contribution is 0.0842. The van der Waals surface area contributed by atoms with Crippen LogP contribution in [0.3, 0.4) is 0 Å². The normalized spacial score (nSPS) is 24.6. The molecule has 1 aliphatic heterocycles. The molecule has 0 unspecified atom stereocenters. The van der Waals surface area contributed by atoms with Crippen LogP contribution in [0.15, 0.2) is 12.3 Å². The Morgan fingerprint density at radius 1 is 1.61 bits per heavy atom. The van der Waals surface area contributed by atoms with E-state index in [0.717, 1.165) is 18.7 Å². The van der Waals surface area contributed by atoms with Gasteiger partial charge in [-0.15, -0.1) is 0 Å². The molecule has 1 saturated heterocycles. The molecule has 0 radical (unpaired) electrons. The van der Waals surface area contributed by atoms with Gasteiger partial charge in [0, 0.05) is 31.8 Å². The highest BCUT2D eigenvalue weighted by molar-refractivity contribution is 7.88. The summed E-state index contributed by atoms with van der Waals surface area (Å²) < 4.78 is 32.4. The van der Waals surface area contributed by atoms with Crippen LogP contribution < -0.4 is 4.72 Å². The van der Waals surface area contributed by atoms with Gasteiger partial charge in [0.05, 0.1) is 11.9 Å². The fourth-order valence-corrected chi connectivity index (χ4v) is 2.79. The Bertz CT molecular complexity index is 497. The van der Waals surface area contributed by atoms with Crippen molar-refractivity contribution in [3.63, 3.8) is 0 Å². The zero-order valence-corrected chi connectivity index (χ0v) is 11.5. The Labute approximate surface area is 107 Å². The molecule has 0 aliphatic carbocycles. The average Bonchev–Trinajstić information content (AvgIpc) is 2.93. The molecule has 0 spiro atoms. The van der Waals surface area contributed by atoms with Crippen LogP contribution in [-0.2, 0) is 21.3 Å². The largest absolute Gasteiger partial charge is 0.372 e. The molecule has 0 saturated carbocycles. The topological polar surface area (TPSA) is 73.2 Å². The van der Waals surface area contributed by atoms with Gasteiger partial charge in [-0.3, -0.25) is 4.68 Å². The highest BCUT2D eigenvalue weighted by Gasteiger charge is 2.32. The van der Waals surface area contributed by atoms with Crippen molar-refractivity contribution in [3.05, 3.63) is 18.0 Å². The number of hydrogen-bond acceptors (Lipinski definition) is 4. The van der Waals surface area contributed by atoms with Gasteiger partial charge in [0.25, 0.3) is 0 Å². The number of aromatic nitrogens is 2. The third kappa shape index (κ3) is 3.09. The predicted molar refractivity (Wildman–Crippen MR) is 67.5 cm³/mol. The SMILES string of the molecule is CCn1nccc1[C@@H]1OCC[C@H]1CNS(C)(=O)=O. The maximum absolute atomic E-state index is 11.1. The van der Waals surface area contributed by atoms with Gasteiger partial charge < -0.3 is 4.74 Å². The standard InChI is InChI=1S/C11H19N3O3S/c1-3-14-10(4-6-12-14)11-9(5-7-17-11)8-13-18(2,15)16/h4,6,9,11,13H,3,5,7-8H2,1-2H3/t9-,11+/m0/s1. The molecule has 0 aromatic carbocycles. The van der Waals surface area contributed by atoms with E-state index in [2.05, 4.69) is 9.82 Å². The molecule has 2 rings (SSSR count). The summed E-state index contributed by atoms with van der Waals surface area (Å²) >= 11 is 0. The van der Waals surface area contributed by atoms with Crippen LogP contribution in [0, 0.1) is 5.92 Å². The van der Waals surface area contributed by atoms with Crippen LogP contribution >= 0.6 is 0 Å². The third-order valence-electron chi connectivity index (χ3n) is 3.16. The second-order valence-electron chi connectivity index (χ2n) is 4.53. The second-order valence-corrected chi connectivity index (χ2v) is 6.37. The summed E-state index contributed by atoms with van der Waals surface area (Å²) in [7, 11) is -3.15. The third-order valence-corrected chi connectivity index (χ3v) is 3.85. The van der Waals surface area contributed by atoms with Crippen LogP contribution in [0.1, 0.15) is 25.1 Å². The van der Waals surface area contributed by atoms with Crippen LogP contribution in [0.4, 0.5) is 0 Å². The molecular weight excluding hydrogens is 254 g/mol. The van der Waals surface area contributed by atoms with E-state index in [1.54, 1.807) is 6.20 Å². The molecule has 1 aromatic rings. The zero-order chi connectivity index (χ0) is 13.2. The van der Waals surface area contributed by atoms with Crippen LogP contribution in [0.5, 0.6) is 0 Å². The van der Waals surface area contributed by atoms with Gasteiger partial charge in [-0.2, -0.15) is 5.10 Å². The van der Waals surface area contributed by atoms with Gasteiger partial charge in [-0.1, -0.05) is 0 Å². The minimum atomic E-state index is -3.15. The van der Waals surface area contributed by atoms with Crippen LogP contribution in [-0.4, -0.2) is 37.6 Å². The van der Waals surface area contributed by atoms with Crippen molar-refractivity contribution in [1.29, 1.82) is 0 Å². The van der Waals surface area contributed by atoms with Crippen LogP contribution in [0.25, 0.3) is 0 Å². The van der Waals surface area contributed by atoms with E-state index in [-0.39, 0.29) is 12.0 Å². The maximum atomic E-state index is 11.1. The average molecular weight is 273 g/mol. The van der Waals surface area contributed by atoms with E-state index >= 15 is 0 Å². The molecule has 0 bridgehead atoms. The zero-order valence-electron chi connectivity index (χ0n) is 10.7. The van der Waals surface area contributed by atoms with Crippen molar-refractivity contribution in [3.8, 4) is 0 Å². The number of sulfonamides is 1. The lowest BCUT2D eigenvalue weighted by atomic mass is 9.99. The number of nitrogens with one attached hydrogen (secondary N) is 1. The molecule has 2 heterocycles. The van der Waals surface area contributed by atoms with Crippen molar-refractivity contribution in [2.45, 2.75) is 26.0 Å². The lowest BCUT2D eigenvalue weighted by Gasteiger charge is -2.19. The minimum Gasteiger partial charge on any atom is -0.372 e. The molecule has 2 atom stereocenters. The lowest BCUT2D eigenvalue weighted by Crippen LogP contribution is -2.30. The summed E-state index contributed by atoms with van der Waals surface area (Å²) in [5.41, 5.74) is 1.02. The van der Waals surface area contributed by atoms with Crippen molar-refractivity contribution >= 4 is 10.0 Å². The van der Waals surface area contributed by atoms with Crippen molar-refractivity contribution in [1.82, 2.24) is 14.5 Å². The molecule has 6 nitrogen and oxygen atoms in total. The maximum Gasteiger partial charge on any atom is 0.208 e. The summed E-state index contributed by atoms with van der Waals surface area (Å²) in [4.78, 5) is 0. The first-order valence-corrected chi connectivity index (χ1v) is 7.98. The number of rotatable bonds is 5. The Balaban J connectivity index is 2.08. The number of aryl methyl sites for hydroxylation is 1. The fraction of sp³-hybridized carbons (Fsp3) is 0.727. The summed E-state index contributed by atoms with van der Waals surface area (Å²) in [5, 5.41) is 4.22.